The van der Waals surface area contributed by atoms with Crippen molar-refractivity contribution in [3.05, 3.63) is 58.9 Å². The summed E-state index contributed by atoms with van der Waals surface area (Å²) in [4.78, 5) is 13.7. The Morgan fingerprint density at radius 3 is 2.45 bits per heavy atom. The molecule has 1 aromatic heterocycles. The molecule has 0 bridgehead atoms. The zero-order valence-corrected chi connectivity index (χ0v) is 20.6. The summed E-state index contributed by atoms with van der Waals surface area (Å²) in [6.07, 6.45) is 0. The lowest BCUT2D eigenvalue weighted by atomic mass is 10.1. The van der Waals surface area contributed by atoms with Crippen LogP contribution < -0.4 is 15.4 Å². The quantitative estimate of drug-likeness (QED) is 0.288. The standard InChI is InChI=1S/C23H27ClFN7S/c1-14(26)20-21(27)28-22(29-23(20)32(4)12-11-31(2)3)15-5-8-17(9-6-15)30-33-19-13-16(24)7-10-18(19)25/h5-10,13,26,30H,11-12H2,1-4H3,(H2,27,28,29). The van der Waals surface area contributed by atoms with Crippen LogP contribution in [-0.2, 0) is 0 Å². The minimum absolute atomic E-state index is 0.272. The average molecular weight is 488 g/mol. The Bertz CT molecular complexity index is 1140. The van der Waals surface area contributed by atoms with Crippen LogP contribution in [0.25, 0.3) is 11.4 Å². The maximum atomic E-state index is 13.9. The Kier molecular flexibility index (Phi) is 8.12. The second kappa shape index (κ2) is 10.8. The lowest BCUT2D eigenvalue weighted by Gasteiger charge is -2.24. The van der Waals surface area contributed by atoms with Crippen LogP contribution in [0.5, 0.6) is 0 Å². The smallest absolute Gasteiger partial charge is 0.163 e. The molecule has 0 aliphatic rings. The van der Waals surface area contributed by atoms with E-state index in [9.17, 15) is 4.39 Å². The van der Waals surface area contributed by atoms with Gasteiger partial charge in [0.05, 0.1) is 10.5 Å². The fraction of sp³-hybridized carbons (Fsp3) is 0.261. The van der Waals surface area contributed by atoms with Crippen molar-refractivity contribution in [2.24, 2.45) is 0 Å². The molecule has 0 aliphatic carbocycles. The van der Waals surface area contributed by atoms with E-state index in [4.69, 9.17) is 27.7 Å². The number of nitrogens with zero attached hydrogens (tertiary/aromatic N) is 4. The van der Waals surface area contributed by atoms with Crippen LogP contribution in [0.15, 0.2) is 47.4 Å². The number of anilines is 3. The van der Waals surface area contributed by atoms with Crippen molar-refractivity contribution in [2.75, 3.05) is 49.6 Å². The first kappa shape index (κ1) is 24.8. The predicted octanol–water partition coefficient (Wildman–Crippen LogP) is 5.02. The van der Waals surface area contributed by atoms with E-state index in [0.29, 0.717) is 32.8 Å². The van der Waals surface area contributed by atoms with Gasteiger partial charge in [-0.15, -0.1) is 0 Å². The number of aromatic nitrogens is 2. The van der Waals surface area contributed by atoms with E-state index in [1.165, 1.54) is 12.1 Å². The largest absolute Gasteiger partial charge is 0.383 e. The van der Waals surface area contributed by atoms with Crippen molar-refractivity contribution in [1.29, 1.82) is 5.41 Å². The highest BCUT2D eigenvalue weighted by atomic mass is 35.5. The Balaban J connectivity index is 1.83. The molecule has 0 saturated carbocycles. The highest BCUT2D eigenvalue weighted by Gasteiger charge is 2.18. The Labute approximate surface area is 202 Å². The van der Waals surface area contributed by atoms with E-state index in [0.717, 1.165) is 36.3 Å². The van der Waals surface area contributed by atoms with Crippen LogP contribution >= 0.6 is 23.5 Å². The van der Waals surface area contributed by atoms with Crippen LogP contribution in [0.4, 0.5) is 21.7 Å². The molecule has 0 saturated heterocycles. The zero-order chi connectivity index (χ0) is 24.1. The maximum absolute atomic E-state index is 13.9. The second-order valence-corrected chi connectivity index (χ2v) is 9.12. The fourth-order valence-corrected chi connectivity index (χ4v) is 4.00. The van der Waals surface area contributed by atoms with Crippen molar-refractivity contribution in [3.63, 3.8) is 0 Å². The summed E-state index contributed by atoms with van der Waals surface area (Å²) in [5.41, 5.74) is 8.65. The fourth-order valence-electron chi connectivity index (χ4n) is 3.04. The van der Waals surface area contributed by atoms with Gasteiger partial charge in [0, 0.05) is 42.1 Å². The number of nitrogen functional groups attached to an aromatic ring is 1. The van der Waals surface area contributed by atoms with Gasteiger partial charge in [-0.05, 0) is 75.4 Å². The summed E-state index contributed by atoms with van der Waals surface area (Å²) in [5.74, 6) is 1.03. The molecule has 10 heteroatoms. The van der Waals surface area contributed by atoms with Crippen molar-refractivity contribution < 1.29 is 4.39 Å². The van der Waals surface area contributed by atoms with Crippen LogP contribution in [0, 0.1) is 11.2 Å². The summed E-state index contributed by atoms with van der Waals surface area (Å²) in [6, 6.07) is 11.9. The van der Waals surface area contributed by atoms with Crippen LogP contribution in [0.2, 0.25) is 5.02 Å². The molecular formula is C23H27ClFN7S. The van der Waals surface area contributed by atoms with Gasteiger partial charge in [-0.25, -0.2) is 14.4 Å². The minimum Gasteiger partial charge on any atom is -0.383 e. The van der Waals surface area contributed by atoms with Crippen molar-refractivity contribution >= 4 is 46.6 Å². The van der Waals surface area contributed by atoms with E-state index in [1.54, 1.807) is 13.0 Å². The van der Waals surface area contributed by atoms with Crippen molar-refractivity contribution in [2.45, 2.75) is 11.8 Å². The Morgan fingerprint density at radius 1 is 1.12 bits per heavy atom. The molecule has 4 N–H and O–H groups in total. The molecule has 0 amide bonds. The van der Waals surface area contributed by atoms with Gasteiger partial charge >= 0.3 is 0 Å². The summed E-state index contributed by atoms with van der Waals surface area (Å²) in [7, 11) is 5.94. The number of likely N-dealkylation sites (N-methyl/N-ethyl adjacent to an activating group) is 2. The van der Waals surface area contributed by atoms with Gasteiger partial charge in [-0.1, -0.05) is 11.6 Å². The van der Waals surface area contributed by atoms with Gasteiger partial charge in [-0.3, -0.25) is 0 Å². The molecule has 3 rings (SSSR count). The average Bonchev–Trinajstić information content (AvgIpc) is 2.77. The summed E-state index contributed by atoms with van der Waals surface area (Å²) in [5, 5.41) is 8.61. The highest BCUT2D eigenvalue weighted by Crippen LogP contribution is 2.29. The summed E-state index contributed by atoms with van der Waals surface area (Å²) in [6.45, 7) is 3.24. The summed E-state index contributed by atoms with van der Waals surface area (Å²) >= 11 is 7.09. The molecule has 1 heterocycles. The lowest BCUT2D eigenvalue weighted by molar-refractivity contribution is 0.416. The number of rotatable bonds is 9. The SMILES string of the molecule is CC(=N)c1c(N)nc(-c2ccc(NSc3cc(Cl)ccc3F)cc2)nc1N(C)CCN(C)C. The number of hydrogen-bond donors (Lipinski definition) is 3. The zero-order valence-electron chi connectivity index (χ0n) is 19.0. The molecule has 0 radical (unpaired) electrons. The molecule has 0 atom stereocenters. The van der Waals surface area contributed by atoms with Crippen molar-refractivity contribution in [1.82, 2.24) is 14.9 Å². The topological polar surface area (TPSA) is 94.2 Å². The number of nitrogens with two attached hydrogens (primary N) is 1. The van der Waals surface area contributed by atoms with E-state index in [-0.39, 0.29) is 11.6 Å². The molecule has 174 valence electrons. The molecule has 2 aromatic carbocycles. The first-order valence-electron chi connectivity index (χ1n) is 10.2. The van der Waals surface area contributed by atoms with Crippen LogP contribution in [-0.4, -0.2) is 54.8 Å². The Morgan fingerprint density at radius 2 is 1.82 bits per heavy atom. The lowest BCUT2D eigenvalue weighted by Crippen LogP contribution is -2.30. The minimum atomic E-state index is -0.343. The Hall–Kier alpha value is -2.88. The van der Waals surface area contributed by atoms with E-state index < -0.39 is 0 Å². The van der Waals surface area contributed by atoms with Crippen LogP contribution in [0.3, 0.4) is 0 Å². The van der Waals surface area contributed by atoms with Gasteiger partial charge in [-0.2, -0.15) is 0 Å². The van der Waals surface area contributed by atoms with E-state index in [1.807, 2.05) is 50.3 Å². The monoisotopic (exact) mass is 487 g/mol. The van der Waals surface area contributed by atoms with Crippen LogP contribution in [0.1, 0.15) is 12.5 Å². The maximum Gasteiger partial charge on any atom is 0.163 e. The van der Waals surface area contributed by atoms with Gasteiger partial charge in [0.15, 0.2) is 5.82 Å². The molecule has 33 heavy (non-hydrogen) atoms. The van der Waals surface area contributed by atoms with Gasteiger partial charge < -0.3 is 25.7 Å². The number of nitrogens with one attached hydrogen (secondary N) is 2. The van der Waals surface area contributed by atoms with E-state index >= 15 is 0 Å². The van der Waals surface area contributed by atoms with Gasteiger partial charge in [0.25, 0.3) is 0 Å². The number of hydrogen-bond acceptors (Lipinski definition) is 8. The molecular weight excluding hydrogens is 461 g/mol. The summed E-state index contributed by atoms with van der Waals surface area (Å²) < 4.78 is 17.0. The third-order valence-electron chi connectivity index (χ3n) is 4.85. The third kappa shape index (κ3) is 6.34. The second-order valence-electron chi connectivity index (χ2n) is 7.84. The highest BCUT2D eigenvalue weighted by molar-refractivity contribution is 8.00. The molecule has 3 aromatic rings. The molecule has 0 unspecified atom stereocenters. The molecule has 0 aliphatic heterocycles. The third-order valence-corrected chi connectivity index (χ3v) is 5.96. The normalized spacial score (nSPS) is 11.0. The van der Waals surface area contributed by atoms with E-state index in [2.05, 4.69) is 14.6 Å². The van der Waals surface area contributed by atoms with Crippen molar-refractivity contribution in [3.8, 4) is 11.4 Å². The van der Waals surface area contributed by atoms with Gasteiger partial charge in [0.1, 0.15) is 17.5 Å². The first-order valence-corrected chi connectivity index (χ1v) is 11.4. The molecule has 7 nitrogen and oxygen atoms in total. The van der Waals surface area contributed by atoms with Gasteiger partial charge in [0.2, 0.25) is 0 Å². The number of benzene rings is 2. The molecule has 0 fully saturated rings. The molecule has 0 spiro atoms. The number of halogens is 2. The first-order chi connectivity index (χ1) is 15.7. The predicted molar refractivity (Wildman–Crippen MR) is 137 cm³/mol.